The van der Waals surface area contributed by atoms with Crippen molar-refractivity contribution < 1.29 is 47.6 Å². The molecule has 0 spiro atoms. The molecule has 0 unspecified atom stereocenters. The highest BCUT2D eigenvalue weighted by Crippen LogP contribution is 2.55. The number of carbonyl (C=O) groups excluding carboxylic acids is 4. The molecule has 172 valence electrons. The SMILES string of the molecule is CC(=O)Oc1ccc(C(=O)O[C@@H]2C[C@@]3(OC(C)=O)CO[C@H]4O[C@@H](OC(C)=O)C[C@@H]2[C@H]43)cc1. The summed E-state index contributed by atoms with van der Waals surface area (Å²) in [5.74, 6) is -2.36. The number of hydrogen-bond donors (Lipinski definition) is 0. The molecule has 0 aromatic heterocycles. The van der Waals surface area contributed by atoms with Crippen LogP contribution in [0.15, 0.2) is 24.3 Å². The lowest BCUT2D eigenvalue weighted by Gasteiger charge is -2.37. The van der Waals surface area contributed by atoms with Crippen LogP contribution in [0.2, 0.25) is 0 Å². The molecule has 1 aromatic rings. The van der Waals surface area contributed by atoms with Gasteiger partial charge in [0.25, 0.3) is 0 Å². The van der Waals surface area contributed by atoms with Crippen LogP contribution >= 0.6 is 0 Å². The fourth-order valence-corrected chi connectivity index (χ4v) is 4.88. The maximum absolute atomic E-state index is 12.8. The number of rotatable bonds is 5. The third-order valence-corrected chi connectivity index (χ3v) is 5.88. The van der Waals surface area contributed by atoms with Gasteiger partial charge in [-0.3, -0.25) is 14.4 Å². The Kier molecular flexibility index (Phi) is 5.91. The lowest BCUT2D eigenvalue weighted by atomic mass is 9.83. The lowest BCUT2D eigenvalue weighted by molar-refractivity contribution is -0.273. The van der Waals surface area contributed by atoms with E-state index in [0.717, 1.165) is 0 Å². The Hall–Kier alpha value is -2.98. The molecule has 0 radical (unpaired) electrons. The van der Waals surface area contributed by atoms with Gasteiger partial charge < -0.3 is 28.4 Å². The van der Waals surface area contributed by atoms with Gasteiger partial charge in [-0.1, -0.05) is 0 Å². The molecule has 1 saturated carbocycles. The van der Waals surface area contributed by atoms with E-state index in [1.54, 1.807) is 0 Å². The Morgan fingerprint density at radius 1 is 0.969 bits per heavy atom. The molecule has 10 heteroatoms. The smallest absolute Gasteiger partial charge is 0.338 e. The maximum atomic E-state index is 12.8. The van der Waals surface area contributed by atoms with Gasteiger partial charge in [0.2, 0.25) is 6.29 Å². The van der Waals surface area contributed by atoms with Crippen molar-refractivity contribution in [2.24, 2.45) is 11.8 Å². The zero-order valence-corrected chi connectivity index (χ0v) is 17.9. The van der Waals surface area contributed by atoms with Crippen molar-refractivity contribution in [3.63, 3.8) is 0 Å². The van der Waals surface area contributed by atoms with Crippen LogP contribution in [0, 0.1) is 11.8 Å². The highest BCUT2D eigenvalue weighted by atomic mass is 16.8. The lowest BCUT2D eigenvalue weighted by Crippen LogP contribution is -2.47. The summed E-state index contributed by atoms with van der Waals surface area (Å²) in [4.78, 5) is 47.1. The second-order valence-electron chi connectivity index (χ2n) is 8.20. The van der Waals surface area contributed by atoms with Crippen molar-refractivity contribution in [1.29, 1.82) is 0 Å². The second kappa shape index (κ2) is 8.51. The second-order valence-corrected chi connectivity index (χ2v) is 8.20. The third-order valence-electron chi connectivity index (χ3n) is 5.88. The van der Waals surface area contributed by atoms with Gasteiger partial charge in [-0.25, -0.2) is 4.79 Å². The predicted octanol–water partition coefficient (Wildman–Crippen LogP) is 1.74. The molecule has 1 aliphatic carbocycles. The van der Waals surface area contributed by atoms with E-state index in [-0.39, 0.29) is 36.8 Å². The highest BCUT2D eigenvalue weighted by Gasteiger charge is 2.67. The van der Waals surface area contributed by atoms with E-state index in [2.05, 4.69) is 0 Å². The molecular weight excluding hydrogens is 424 g/mol. The van der Waals surface area contributed by atoms with Crippen LogP contribution in [0.1, 0.15) is 44.0 Å². The van der Waals surface area contributed by atoms with Gasteiger partial charge in [-0.15, -0.1) is 0 Å². The van der Waals surface area contributed by atoms with E-state index < -0.39 is 48.2 Å². The number of hydrogen-bond acceptors (Lipinski definition) is 10. The standard InChI is InChI=1S/C22H24O10/c1-11(23)28-15-6-4-14(5-7-15)20(26)30-17-9-22(32-13(3)25)10-27-21-19(22)16(17)8-18(31-21)29-12(2)24/h4-7,16-19,21H,8-10H2,1-3H3/t16-,17+,18+,19+,21-,22+/m0/s1. The van der Waals surface area contributed by atoms with E-state index in [9.17, 15) is 19.2 Å². The average Bonchev–Trinajstić information content (AvgIpc) is 3.18. The van der Waals surface area contributed by atoms with Gasteiger partial charge in [-0.2, -0.15) is 0 Å². The zero-order chi connectivity index (χ0) is 23.0. The average molecular weight is 448 g/mol. The van der Waals surface area contributed by atoms with Gasteiger partial charge in [0.05, 0.1) is 18.1 Å². The minimum Gasteiger partial charge on any atom is -0.458 e. The fraction of sp³-hybridized carbons (Fsp3) is 0.545. The molecule has 1 aromatic carbocycles. The van der Waals surface area contributed by atoms with Crippen molar-refractivity contribution in [1.82, 2.24) is 0 Å². The van der Waals surface area contributed by atoms with E-state index in [1.165, 1.54) is 45.0 Å². The summed E-state index contributed by atoms with van der Waals surface area (Å²) >= 11 is 0. The molecular formula is C22H24O10. The maximum Gasteiger partial charge on any atom is 0.338 e. The minimum absolute atomic E-state index is 0.0936. The molecule has 4 rings (SSSR count). The number of ether oxygens (including phenoxy) is 6. The van der Waals surface area contributed by atoms with Crippen molar-refractivity contribution in [2.75, 3.05) is 6.61 Å². The highest BCUT2D eigenvalue weighted by molar-refractivity contribution is 5.89. The molecule has 0 amide bonds. The monoisotopic (exact) mass is 448 g/mol. The molecule has 10 nitrogen and oxygen atoms in total. The Balaban J connectivity index is 1.53. The first-order valence-electron chi connectivity index (χ1n) is 10.3. The van der Waals surface area contributed by atoms with Crippen molar-refractivity contribution in [3.8, 4) is 5.75 Å². The van der Waals surface area contributed by atoms with Crippen molar-refractivity contribution >= 4 is 23.9 Å². The molecule has 0 N–H and O–H groups in total. The largest absolute Gasteiger partial charge is 0.458 e. The van der Waals surface area contributed by atoms with Gasteiger partial charge in [0, 0.05) is 39.5 Å². The van der Waals surface area contributed by atoms with Crippen LogP contribution in [0.5, 0.6) is 5.75 Å². The van der Waals surface area contributed by atoms with Crippen LogP contribution < -0.4 is 4.74 Å². The van der Waals surface area contributed by atoms with Crippen LogP contribution in [0.4, 0.5) is 0 Å². The summed E-state index contributed by atoms with van der Waals surface area (Å²) in [6.45, 7) is 3.97. The van der Waals surface area contributed by atoms with Crippen LogP contribution in [0.3, 0.4) is 0 Å². The minimum atomic E-state index is -0.980. The molecule has 3 fully saturated rings. The van der Waals surface area contributed by atoms with Gasteiger partial charge in [-0.05, 0) is 24.3 Å². The van der Waals surface area contributed by atoms with Crippen molar-refractivity contribution in [2.45, 2.75) is 57.9 Å². The molecule has 6 atom stereocenters. The molecule has 2 aliphatic heterocycles. The summed E-state index contributed by atoms with van der Waals surface area (Å²) in [5.41, 5.74) is -0.706. The molecule has 3 aliphatic rings. The predicted molar refractivity (Wildman–Crippen MR) is 104 cm³/mol. The fourth-order valence-electron chi connectivity index (χ4n) is 4.88. The van der Waals surface area contributed by atoms with Crippen molar-refractivity contribution in [3.05, 3.63) is 29.8 Å². The molecule has 2 heterocycles. The number of benzene rings is 1. The Morgan fingerprint density at radius 3 is 2.31 bits per heavy atom. The van der Waals surface area contributed by atoms with E-state index in [0.29, 0.717) is 5.75 Å². The normalized spacial score (nSPS) is 32.5. The van der Waals surface area contributed by atoms with E-state index >= 15 is 0 Å². The first-order valence-corrected chi connectivity index (χ1v) is 10.3. The van der Waals surface area contributed by atoms with Gasteiger partial charge in [0.1, 0.15) is 17.5 Å². The molecule has 2 saturated heterocycles. The van der Waals surface area contributed by atoms with Crippen LogP contribution in [0.25, 0.3) is 0 Å². The van der Waals surface area contributed by atoms with Crippen LogP contribution in [-0.4, -0.2) is 54.8 Å². The first kappa shape index (κ1) is 22.2. The Bertz CT molecular complexity index is 925. The number of carbonyl (C=O) groups is 4. The first-order chi connectivity index (χ1) is 15.2. The summed E-state index contributed by atoms with van der Waals surface area (Å²) in [6.07, 6.45) is -1.69. The molecule has 32 heavy (non-hydrogen) atoms. The van der Waals surface area contributed by atoms with E-state index in [4.69, 9.17) is 28.4 Å². The Labute approximate surface area is 184 Å². The number of esters is 4. The van der Waals surface area contributed by atoms with Crippen LogP contribution in [-0.2, 0) is 38.1 Å². The summed E-state index contributed by atoms with van der Waals surface area (Å²) in [6, 6.07) is 5.99. The van der Waals surface area contributed by atoms with Gasteiger partial charge >= 0.3 is 23.9 Å². The van der Waals surface area contributed by atoms with E-state index in [1.807, 2.05) is 0 Å². The summed E-state index contributed by atoms with van der Waals surface area (Å²) in [5, 5.41) is 0. The summed E-state index contributed by atoms with van der Waals surface area (Å²) < 4.78 is 33.1. The Morgan fingerprint density at radius 2 is 1.69 bits per heavy atom. The zero-order valence-electron chi connectivity index (χ0n) is 17.9. The molecule has 0 bridgehead atoms. The van der Waals surface area contributed by atoms with Gasteiger partial charge in [0.15, 0.2) is 6.29 Å². The summed E-state index contributed by atoms with van der Waals surface area (Å²) in [7, 11) is 0. The quantitative estimate of drug-likeness (QED) is 0.374. The topological polar surface area (TPSA) is 124 Å². The third kappa shape index (κ3) is 4.33.